The van der Waals surface area contributed by atoms with Gasteiger partial charge in [-0.3, -0.25) is 0 Å². The predicted octanol–water partition coefficient (Wildman–Crippen LogP) is 16.9. The van der Waals surface area contributed by atoms with E-state index in [2.05, 4.69) is 112 Å². The molecule has 8 bridgehead atoms. The minimum absolute atomic E-state index is 0.177. The van der Waals surface area contributed by atoms with E-state index in [0.717, 1.165) is 113 Å². The minimum atomic E-state index is 0.177. The number of aromatic amines is 2. The highest BCUT2D eigenvalue weighted by Crippen LogP contribution is 2.41. The van der Waals surface area contributed by atoms with E-state index in [1.165, 1.54) is 113 Å². The van der Waals surface area contributed by atoms with Gasteiger partial charge >= 0.3 is 0 Å². The average Bonchev–Trinajstić information content (AvgIpc) is 3.97. The van der Waals surface area contributed by atoms with Crippen LogP contribution in [0.25, 0.3) is 44.4 Å². The molecule has 6 rings (SSSR count). The molecule has 0 radical (unpaired) electrons. The Balaban J connectivity index is 1.44. The number of nitrogens with zero attached hydrogens (tertiary/aromatic N) is 2. The molecule has 0 aliphatic carbocycles. The topological polar surface area (TPSA) is 97.8 Å². The minimum Gasteiger partial charge on any atom is -0.508 e. The number of H-pyrrole nitrogens is 2. The highest BCUT2D eigenvalue weighted by atomic mass is 16.3. The lowest BCUT2D eigenvalue weighted by atomic mass is 9.88. The van der Waals surface area contributed by atoms with Gasteiger partial charge in [-0.2, -0.15) is 0 Å². The van der Waals surface area contributed by atoms with Crippen molar-refractivity contribution in [3.63, 3.8) is 0 Å². The number of hydrogen-bond acceptors (Lipinski definition) is 4. The molecule has 1 aromatic carbocycles. The zero-order valence-corrected chi connectivity index (χ0v) is 43.5. The van der Waals surface area contributed by atoms with Gasteiger partial charge in [0.25, 0.3) is 0 Å². The Morgan fingerprint density at radius 3 is 1.44 bits per heavy atom. The summed E-state index contributed by atoms with van der Waals surface area (Å²) in [5, 5.41) is 20.9. The third kappa shape index (κ3) is 11.6. The smallest absolute Gasteiger partial charge is 0.119 e. The summed E-state index contributed by atoms with van der Waals surface area (Å²) in [5.74, 6) is 3.34. The van der Waals surface area contributed by atoms with Gasteiger partial charge in [0.1, 0.15) is 11.5 Å². The second kappa shape index (κ2) is 22.9. The first kappa shape index (κ1) is 50.8. The lowest BCUT2D eigenvalue weighted by molar-refractivity contribution is 0.377. The molecule has 6 nitrogen and oxygen atoms in total. The van der Waals surface area contributed by atoms with Crippen LogP contribution in [0.3, 0.4) is 0 Å². The summed E-state index contributed by atoms with van der Waals surface area (Å²) in [6, 6.07) is 9.49. The van der Waals surface area contributed by atoms with Crippen LogP contribution < -0.4 is 0 Å². The van der Waals surface area contributed by atoms with E-state index in [1.807, 2.05) is 0 Å². The number of phenols is 2. The molecule has 4 aromatic rings. The largest absolute Gasteiger partial charge is 0.508 e. The number of nitrogens with one attached hydrogen (secondary N) is 2. The van der Waals surface area contributed by atoms with Gasteiger partial charge in [0.05, 0.1) is 22.8 Å². The zero-order valence-electron chi connectivity index (χ0n) is 43.5. The fourth-order valence-electron chi connectivity index (χ4n) is 11.4. The lowest BCUT2D eigenvalue weighted by Crippen LogP contribution is -2.07. The first-order valence-electron chi connectivity index (χ1n) is 26.3. The van der Waals surface area contributed by atoms with Gasteiger partial charge in [0, 0.05) is 27.6 Å². The van der Waals surface area contributed by atoms with Gasteiger partial charge in [0.2, 0.25) is 0 Å². The van der Waals surface area contributed by atoms with Crippen molar-refractivity contribution in [2.24, 2.45) is 23.7 Å². The first-order valence-corrected chi connectivity index (χ1v) is 26.3. The van der Waals surface area contributed by atoms with Gasteiger partial charge in [-0.15, -0.1) is 0 Å². The van der Waals surface area contributed by atoms with Crippen LogP contribution in [0, 0.1) is 37.5 Å². The normalized spacial score (nSPS) is 14.5. The van der Waals surface area contributed by atoms with E-state index in [0.29, 0.717) is 12.3 Å². The monoisotopic (exact) mass is 895 g/mol. The number of rotatable bonds is 22. The number of benzene rings is 1. The molecular formula is C60H86N4O2. The maximum absolute atomic E-state index is 10.7. The predicted molar refractivity (Wildman–Crippen MR) is 284 cm³/mol. The molecule has 3 aromatic heterocycles. The van der Waals surface area contributed by atoms with Crippen molar-refractivity contribution >= 4 is 44.4 Å². The van der Waals surface area contributed by atoms with Gasteiger partial charge in [-0.1, -0.05) is 120 Å². The van der Waals surface area contributed by atoms with Crippen molar-refractivity contribution in [2.75, 3.05) is 0 Å². The van der Waals surface area contributed by atoms with Crippen LogP contribution in [0.4, 0.5) is 0 Å². The number of fused-ring (bicyclic) bond motifs is 8. The standard InChI is InChI=1S/C60H86N4O2/c1-14-46-40(10)57-50(29-21-28-44-33-45(65)30-31-56(44)66)58-41(11)47(15-2)53(62-58)35-55-49(17-4)43(13)60(64-55)51(59-42(12)48(16-3)54(63-59)34-52(46)61-57)32-39(9)27-20-26-38(8)25-19-24-37(7)23-18-22-36(5)6/h30-31,33-39,61-62,65-66H,14-29,32H2,1-13H3. The van der Waals surface area contributed by atoms with E-state index in [4.69, 9.17) is 9.97 Å². The van der Waals surface area contributed by atoms with Crippen LogP contribution in [-0.2, 0) is 32.1 Å². The van der Waals surface area contributed by atoms with Gasteiger partial charge in [0.15, 0.2) is 0 Å². The Morgan fingerprint density at radius 2 is 0.985 bits per heavy atom. The van der Waals surface area contributed by atoms with E-state index < -0.39 is 0 Å². The molecule has 3 atom stereocenters. The Labute approximate surface area is 399 Å². The highest BCUT2D eigenvalue weighted by Gasteiger charge is 2.27. The number of aryl methyl sites for hydroxylation is 6. The van der Waals surface area contributed by atoms with Crippen molar-refractivity contribution in [3.05, 3.63) is 92.1 Å². The highest BCUT2D eigenvalue weighted by molar-refractivity contribution is 5.97. The van der Waals surface area contributed by atoms with E-state index >= 15 is 0 Å². The third-order valence-corrected chi connectivity index (χ3v) is 15.4. The van der Waals surface area contributed by atoms with Crippen LogP contribution in [-0.4, -0.2) is 30.1 Å². The average molecular weight is 895 g/mol. The molecule has 358 valence electrons. The van der Waals surface area contributed by atoms with Crippen LogP contribution in [0.5, 0.6) is 11.5 Å². The fourth-order valence-corrected chi connectivity index (χ4v) is 11.4. The molecular weight excluding hydrogens is 809 g/mol. The summed E-state index contributed by atoms with van der Waals surface area (Å²) < 4.78 is 0. The van der Waals surface area contributed by atoms with Crippen molar-refractivity contribution in [3.8, 4) is 11.5 Å². The summed E-state index contributed by atoms with van der Waals surface area (Å²) >= 11 is 0. The molecule has 0 fully saturated rings. The van der Waals surface area contributed by atoms with E-state index in [1.54, 1.807) is 18.2 Å². The second-order valence-electron chi connectivity index (χ2n) is 21.0. The van der Waals surface area contributed by atoms with Crippen molar-refractivity contribution < 1.29 is 10.2 Å². The number of aromatic nitrogens is 4. The number of phenolic OH excluding ortho intramolecular Hbond substituents is 2. The van der Waals surface area contributed by atoms with Gasteiger partial charge in [-0.05, 0) is 189 Å². The molecule has 6 heteroatoms. The Bertz CT molecular complexity index is 2440. The molecule has 0 spiro atoms. The van der Waals surface area contributed by atoms with Crippen LogP contribution in [0.1, 0.15) is 215 Å². The molecule has 4 N–H and O–H groups in total. The molecule has 2 aliphatic rings. The summed E-state index contributed by atoms with van der Waals surface area (Å²) in [7, 11) is 0. The Hall–Kier alpha value is -4.58. The Morgan fingerprint density at radius 1 is 0.515 bits per heavy atom. The van der Waals surface area contributed by atoms with Crippen LogP contribution >= 0.6 is 0 Å². The molecule has 66 heavy (non-hydrogen) atoms. The molecule has 0 amide bonds. The number of aromatic hydroxyl groups is 2. The summed E-state index contributed by atoms with van der Waals surface area (Å²) in [6.45, 7) is 30.3. The fraction of sp³-hybridized carbons (Fsp3) is 0.567. The van der Waals surface area contributed by atoms with Crippen LogP contribution in [0.15, 0.2) is 30.3 Å². The second-order valence-corrected chi connectivity index (χ2v) is 21.0. The SMILES string of the molecule is CCC1=C(C)c2nc1cc1[nH]c(c(C)c1CC)c(CCCc1cc(O)ccc1O)c1[nH]c(cc3nc(c2CC(C)CCCC(C)CCCC(C)CCCC(C)C)C(C)=C3CC)c(CC)c1C. The first-order chi connectivity index (χ1) is 31.6. The number of hydrogen-bond donors (Lipinski definition) is 4. The number of allylic oxidation sites excluding steroid dienone is 4. The molecule has 2 aliphatic heterocycles. The maximum Gasteiger partial charge on any atom is 0.119 e. The molecule has 5 heterocycles. The van der Waals surface area contributed by atoms with Crippen molar-refractivity contribution in [1.29, 1.82) is 0 Å². The van der Waals surface area contributed by atoms with Crippen molar-refractivity contribution in [2.45, 2.75) is 199 Å². The van der Waals surface area contributed by atoms with Gasteiger partial charge in [-0.25, -0.2) is 9.97 Å². The molecule has 0 saturated heterocycles. The van der Waals surface area contributed by atoms with Crippen molar-refractivity contribution in [1.82, 2.24) is 19.9 Å². The van der Waals surface area contributed by atoms with Gasteiger partial charge < -0.3 is 20.2 Å². The molecule has 0 saturated carbocycles. The molecule has 3 unspecified atom stereocenters. The van der Waals surface area contributed by atoms with E-state index in [9.17, 15) is 10.2 Å². The summed E-state index contributed by atoms with van der Waals surface area (Å²) in [5.41, 5.74) is 22.7. The maximum atomic E-state index is 10.7. The zero-order chi connectivity index (χ0) is 47.8. The Kier molecular flexibility index (Phi) is 17.7. The van der Waals surface area contributed by atoms with Crippen LogP contribution in [0.2, 0.25) is 0 Å². The summed E-state index contributed by atoms with van der Waals surface area (Å²) in [6.07, 6.45) is 18.8. The summed E-state index contributed by atoms with van der Waals surface area (Å²) in [4.78, 5) is 19.3. The quantitative estimate of drug-likeness (QED) is 0.0591. The van der Waals surface area contributed by atoms with E-state index in [-0.39, 0.29) is 11.5 Å². The lowest BCUT2D eigenvalue weighted by Gasteiger charge is -2.17. The third-order valence-electron chi connectivity index (χ3n) is 15.4.